The van der Waals surface area contributed by atoms with Crippen molar-refractivity contribution in [1.29, 1.82) is 5.26 Å². The molecule has 2 aromatic carbocycles. The first-order valence-corrected chi connectivity index (χ1v) is 13.1. The Morgan fingerprint density at radius 3 is 2.58 bits per heavy atom. The molecule has 2 N–H and O–H groups in total. The van der Waals surface area contributed by atoms with Gasteiger partial charge in [-0.3, -0.25) is 0 Å². The molecule has 2 aliphatic carbocycles. The number of tetrazole rings is 1. The van der Waals surface area contributed by atoms with Crippen LogP contribution in [0.1, 0.15) is 49.7 Å². The minimum atomic E-state index is -0.158. The van der Waals surface area contributed by atoms with E-state index in [2.05, 4.69) is 43.6 Å². The lowest BCUT2D eigenvalue weighted by Crippen LogP contribution is -2.41. The van der Waals surface area contributed by atoms with E-state index in [1.165, 1.54) is 24.0 Å². The SMILES string of the molecule is C=C(C#N)c1ccc(OCCn2ncnn2)cc1N(Cc1ccc(NC(=O)NC2CCC2)cc1)C1CCC1. The Bertz CT molecular complexity index is 1290. The number of allylic oxidation sites excluding steroid dienone is 1. The normalized spacial score (nSPS) is 15.0. The molecule has 1 heterocycles. The molecule has 2 amide bonds. The third kappa shape index (κ3) is 6.11. The Labute approximate surface area is 222 Å². The summed E-state index contributed by atoms with van der Waals surface area (Å²) in [6, 6.07) is 16.4. The molecule has 0 spiro atoms. The quantitative estimate of drug-likeness (QED) is 0.362. The van der Waals surface area contributed by atoms with E-state index < -0.39 is 0 Å². The zero-order chi connectivity index (χ0) is 26.3. The second kappa shape index (κ2) is 11.8. The summed E-state index contributed by atoms with van der Waals surface area (Å²) in [7, 11) is 0. The molecular weight excluding hydrogens is 480 g/mol. The van der Waals surface area contributed by atoms with Crippen molar-refractivity contribution in [3.8, 4) is 11.8 Å². The van der Waals surface area contributed by atoms with E-state index in [4.69, 9.17) is 4.74 Å². The average Bonchev–Trinajstić information content (AvgIpc) is 3.39. The van der Waals surface area contributed by atoms with Gasteiger partial charge in [-0.25, -0.2) is 4.79 Å². The van der Waals surface area contributed by atoms with Crippen molar-refractivity contribution < 1.29 is 9.53 Å². The highest BCUT2D eigenvalue weighted by molar-refractivity contribution is 5.89. The van der Waals surface area contributed by atoms with Crippen molar-refractivity contribution >= 4 is 23.0 Å². The maximum Gasteiger partial charge on any atom is 0.319 e. The number of rotatable bonds is 11. The number of carbonyl (C=O) groups is 1. The molecule has 0 unspecified atom stereocenters. The maximum absolute atomic E-state index is 12.2. The number of nitriles is 1. The van der Waals surface area contributed by atoms with Gasteiger partial charge in [-0.2, -0.15) is 10.1 Å². The van der Waals surface area contributed by atoms with Crippen molar-refractivity contribution in [2.75, 3.05) is 16.8 Å². The number of hydrogen-bond acceptors (Lipinski definition) is 7. The lowest BCUT2D eigenvalue weighted by Gasteiger charge is -2.40. The molecule has 0 atom stereocenters. The van der Waals surface area contributed by atoms with Gasteiger partial charge in [-0.15, -0.1) is 10.2 Å². The monoisotopic (exact) mass is 512 g/mol. The number of nitrogens with one attached hydrogen (secondary N) is 2. The molecule has 196 valence electrons. The molecule has 10 nitrogen and oxygen atoms in total. The maximum atomic E-state index is 12.2. The second-order valence-corrected chi connectivity index (χ2v) is 9.79. The Hall–Kier alpha value is -4.39. The van der Waals surface area contributed by atoms with Crippen molar-refractivity contribution in [2.24, 2.45) is 0 Å². The van der Waals surface area contributed by atoms with Crippen molar-refractivity contribution in [3.63, 3.8) is 0 Å². The number of nitrogens with zero attached hydrogens (tertiary/aromatic N) is 6. The van der Waals surface area contributed by atoms with Gasteiger partial charge in [-0.05, 0) is 73.6 Å². The van der Waals surface area contributed by atoms with Gasteiger partial charge in [0.1, 0.15) is 12.4 Å². The molecule has 2 fully saturated rings. The summed E-state index contributed by atoms with van der Waals surface area (Å²) in [6.45, 7) is 5.52. The molecule has 2 saturated carbocycles. The van der Waals surface area contributed by atoms with Gasteiger partial charge in [-0.1, -0.05) is 18.7 Å². The molecule has 10 heteroatoms. The second-order valence-electron chi connectivity index (χ2n) is 9.79. The summed E-state index contributed by atoms with van der Waals surface area (Å²) in [5, 5.41) is 27.1. The summed E-state index contributed by atoms with van der Waals surface area (Å²) in [5.41, 5.74) is 4.02. The first-order chi connectivity index (χ1) is 18.6. The summed E-state index contributed by atoms with van der Waals surface area (Å²) in [5.74, 6) is 0.705. The van der Waals surface area contributed by atoms with Crippen LogP contribution in [-0.2, 0) is 13.1 Å². The molecule has 1 aromatic heterocycles. The minimum absolute atomic E-state index is 0.158. The fourth-order valence-electron chi connectivity index (χ4n) is 4.60. The summed E-state index contributed by atoms with van der Waals surface area (Å²) >= 11 is 0. The number of hydrogen-bond donors (Lipinski definition) is 2. The Morgan fingerprint density at radius 1 is 1.16 bits per heavy atom. The molecule has 0 saturated heterocycles. The smallest absolute Gasteiger partial charge is 0.319 e. The number of ether oxygens (including phenoxy) is 1. The molecule has 0 radical (unpaired) electrons. The summed E-state index contributed by atoms with van der Waals surface area (Å²) < 4.78 is 6.00. The molecule has 3 aromatic rings. The molecule has 0 bridgehead atoms. The molecule has 0 aliphatic heterocycles. The highest BCUT2D eigenvalue weighted by Crippen LogP contribution is 2.37. The van der Waals surface area contributed by atoms with E-state index in [9.17, 15) is 10.1 Å². The molecular formula is C28H32N8O2. The third-order valence-corrected chi connectivity index (χ3v) is 7.21. The van der Waals surface area contributed by atoms with Crippen LogP contribution in [0.3, 0.4) is 0 Å². The third-order valence-electron chi connectivity index (χ3n) is 7.21. The Balaban J connectivity index is 1.31. The van der Waals surface area contributed by atoms with Gasteiger partial charge < -0.3 is 20.3 Å². The standard InChI is InChI=1S/C28H32N8O2/c1-20(17-29)26-13-12-25(38-15-14-36-31-19-30-34-36)16-27(26)35(24-6-3-7-24)18-21-8-10-23(11-9-21)33-28(37)32-22-4-2-5-22/h8-13,16,19,22,24H,1-7,14-15,18H2,(H2,32,33,37). The van der Waals surface area contributed by atoms with E-state index in [1.807, 2.05) is 42.5 Å². The Morgan fingerprint density at radius 2 is 1.95 bits per heavy atom. The van der Waals surface area contributed by atoms with Crippen LogP contribution in [-0.4, -0.2) is 44.9 Å². The lowest BCUT2D eigenvalue weighted by atomic mass is 9.89. The number of aromatic nitrogens is 4. The highest BCUT2D eigenvalue weighted by Gasteiger charge is 2.28. The topological polar surface area (TPSA) is 121 Å². The minimum Gasteiger partial charge on any atom is -0.492 e. The number of amides is 2. The molecule has 38 heavy (non-hydrogen) atoms. The summed E-state index contributed by atoms with van der Waals surface area (Å²) in [4.78, 5) is 16.0. The van der Waals surface area contributed by atoms with Crippen LogP contribution in [0.25, 0.3) is 5.57 Å². The Kier molecular flexibility index (Phi) is 7.83. The van der Waals surface area contributed by atoms with Crippen molar-refractivity contribution in [1.82, 2.24) is 25.5 Å². The fourth-order valence-corrected chi connectivity index (χ4v) is 4.60. The van der Waals surface area contributed by atoms with Crippen molar-refractivity contribution in [2.45, 2.75) is 63.7 Å². The van der Waals surface area contributed by atoms with E-state index in [0.29, 0.717) is 43.1 Å². The number of urea groups is 1. The van der Waals surface area contributed by atoms with Gasteiger partial charge in [0.25, 0.3) is 0 Å². The molecule has 5 rings (SSSR count). The predicted octanol–water partition coefficient (Wildman–Crippen LogP) is 4.52. The lowest BCUT2D eigenvalue weighted by molar-refractivity contribution is 0.240. The van der Waals surface area contributed by atoms with Gasteiger partial charge in [0.05, 0.1) is 18.2 Å². The first-order valence-electron chi connectivity index (χ1n) is 13.1. The van der Waals surface area contributed by atoms with Gasteiger partial charge >= 0.3 is 6.03 Å². The van der Waals surface area contributed by atoms with Crippen LogP contribution in [0.2, 0.25) is 0 Å². The van der Waals surface area contributed by atoms with Crippen LogP contribution in [0.15, 0.2) is 55.4 Å². The number of anilines is 2. The first kappa shape index (κ1) is 25.3. The van der Waals surface area contributed by atoms with E-state index in [0.717, 1.165) is 48.2 Å². The van der Waals surface area contributed by atoms with E-state index >= 15 is 0 Å². The zero-order valence-electron chi connectivity index (χ0n) is 21.3. The highest BCUT2D eigenvalue weighted by atomic mass is 16.5. The van der Waals surface area contributed by atoms with Crippen LogP contribution in [0.4, 0.5) is 16.2 Å². The van der Waals surface area contributed by atoms with E-state index in [1.54, 1.807) is 0 Å². The fraction of sp³-hybridized carbons (Fsp3) is 0.393. The predicted molar refractivity (Wildman–Crippen MR) is 144 cm³/mol. The van der Waals surface area contributed by atoms with E-state index in [-0.39, 0.29) is 6.03 Å². The molecule has 2 aliphatic rings. The van der Waals surface area contributed by atoms with Crippen molar-refractivity contribution in [3.05, 3.63) is 66.5 Å². The van der Waals surface area contributed by atoms with Crippen LogP contribution in [0.5, 0.6) is 5.75 Å². The van der Waals surface area contributed by atoms with Gasteiger partial charge in [0.2, 0.25) is 0 Å². The van der Waals surface area contributed by atoms with Crippen LogP contribution >= 0.6 is 0 Å². The average molecular weight is 513 g/mol. The van der Waals surface area contributed by atoms with Gasteiger partial charge in [0, 0.05) is 41.6 Å². The zero-order valence-corrected chi connectivity index (χ0v) is 21.3. The van der Waals surface area contributed by atoms with Gasteiger partial charge in [0.15, 0.2) is 6.33 Å². The van der Waals surface area contributed by atoms with Crippen LogP contribution in [0, 0.1) is 11.3 Å². The largest absolute Gasteiger partial charge is 0.492 e. The number of benzene rings is 2. The van der Waals surface area contributed by atoms with Crippen LogP contribution < -0.4 is 20.3 Å². The summed E-state index contributed by atoms with van der Waals surface area (Å²) in [6.07, 6.45) is 8.02. The number of carbonyl (C=O) groups excluding carboxylic acids is 1.